The lowest BCUT2D eigenvalue weighted by Gasteiger charge is -2.05. The van der Waals surface area contributed by atoms with Gasteiger partial charge in [0, 0.05) is 19.2 Å². The quantitative estimate of drug-likeness (QED) is 0.597. The number of benzene rings is 1. The Morgan fingerprint density at radius 3 is 2.52 bits per heavy atom. The van der Waals surface area contributed by atoms with Crippen molar-refractivity contribution in [2.45, 2.75) is 13.5 Å². The molecule has 0 spiro atoms. The molecule has 0 fully saturated rings. The summed E-state index contributed by atoms with van der Waals surface area (Å²) in [4.78, 5) is 23.0. The number of amides is 1. The second-order valence-corrected chi connectivity index (χ2v) is 4.88. The molecule has 1 aromatic carbocycles. The molecule has 0 saturated heterocycles. The van der Waals surface area contributed by atoms with Crippen molar-refractivity contribution in [2.24, 2.45) is 0 Å². The van der Waals surface area contributed by atoms with Crippen LogP contribution in [-0.4, -0.2) is 32.0 Å². The van der Waals surface area contributed by atoms with E-state index in [1.165, 1.54) is 6.92 Å². The Morgan fingerprint density at radius 2 is 1.87 bits per heavy atom. The van der Waals surface area contributed by atoms with Gasteiger partial charge in [-0.1, -0.05) is 0 Å². The van der Waals surface area contributed by atoms with Crippen LogP contribution in [0, 0.1) is 0 Å². The van der Waals surface area contributed by atoms with E-state index in [1.54, 1.807) is 43.5 Å². The topological polar surface area (TPSA) is 77.8 Å². The number of rotatable bonds is 8. The van der Waals surface area contributed by atoms with E-state index in [1.807, 2.05) is 0 Å². The van der Waals surface area contributed by atoms with Crippen LogP contribution in [0.5, 0.6) is 5.75 Å². The zero-order valence-electron chi connectivity index (χ0n) is 13.1. The maximum Gasteiger partial charge on any atom is 0.287 e. The van der Waals surface area contributed by atoms with Crippen molar-refractivity contribution in [3.63, 3.8) is 0 Å². The largest absolute Gasteiger partial charge is 0.486 e. The third-order valence-corrected chi connectivity index (χ3v) is 3.12. The highest BCUT2D eigenvalue weighted by molar-refractivity contribution is 5.94. The number of Topliss-reactive ketones (excluding diaryl/α,β-unsaturated/α-hetero) is 1. The van der Waals surface area contributed by atoms with E-state index < -0.39 is 0 Å². The molecule has 23 heavy (non-hydrogen) atoms. The van der Waals surface area contributed by atoms with Crippen LogP contribution in [-0.2, 0) is 11.3 Å². The maximum absolute atomic E-state index is 11.8. The van der Waals surface area contributed by atoms with Crippen LogP contribution in [0.3, 0.4) is 0 Å². The number of nitrogens with one attached hydrogen (secondary N) is 1. The fourth-order valence-corrected chi connectivity index (χ4v) is 1.87. The Hall–Kier alpha value is -2.60. The van der Waals surface area contributed by atoms with Crippen molar-refractivity contribution in [1.82, 2.24) is 5.32 Å². The molecule has 1 amide bonds. The number of methoxy groups -OCH3 is 1. The predicted molar refractivity (Wildman–Crippen MR) is 83.7 cm³/mol. The van der Waals surface area contributed by atoms with Gasteiger partial charge in [0.05, 0.1) is 6.61 Å². The molecule has 0 aliphatic rings. The van der Waals surface area contributed by atoms with Gasteiger partial charge in [-0.25, -0.2) is 0 Å². The van der Waals surface area contributed by atoms with Crippen LogP contribution in [0.1, 0.15) is 33.6 Å². The summed E-state index contributed by atoms with van der Waals surface area (Å²) in [7, 11) is 1.57. The van der Waals surface area contributed by atoms with Crippen LogP contribution in [0.25, 0.3) is 0 Å². The molecule has 1 aromatic heterocycles. The van der Waals surface area contributed by atoms with Gasteiger partial charge in [0.2, 0.25) is 0 Å². The Balaban J connectivity index is 1.86. The van der Waals surface area contributed by atoms with E-state index in [-0.39, 0.29) is 24.1 Å². The first kappa shape index (κ1) is 16.8. The van der Waals surface area contributed by atoms with E-state index in [9.17, 15) is 9.59 Å². The molecule has 6 heteroatoms. The van der Waals surface area contributed by atoms with Gasteiger partial charge in [-0.2, -0.15) is 0 Å². The zero-order valence-corrected chi connectivity index (χ0v) is 13.1. The predicted octanol–water partition coefficient (Wildman–Crippen LogP) is 2.44. The van der Waals surface area contributed by atoms with Gasteiger partial charge in [-0.05, 0) is 43.3 Å². The van der Waals surface area contributed by atoms with E-state index in [4.69, 9.17) is 13.9 Å². The standard InChI is InChI=1S/C17H19NO5/c1-12(19)13-3-5-14(6-4-13)22-11-15-7-8-16(23-15)17(20)18-9-10-21-2/h3-8H,9-11H2,1-2H3,(H,18,20). The van der Waals surface area contributed by atoms with Crippen LogP contribution in [0.15, 0.2) is 40.8 Å². The van der Waals surface area contributed by atoms with Crippen molar-refractivity contribution in [1.29, 1.82) is 0 Å². The highest BCUT2D eigenvalue weighted by Crippen LogP contribution is 2.16. The first-order valence-electron chi connectivity index (χ1n) is 7.20. The summed E-state index contributed by atoms with van der Waals surface area (Å²) in [6.07, 6.45) is 0. The number of furan rings is 1. The monoisotopic (exact) mass is 317 g/mol. The second kappa shape index (κ2) is 8.14. The summed E-state index contributed by atoms with van der Waals surface area (Å²) in [5.41, 5.74) is 0.630. The number of carbonyl (C=O) groups excluding carboxylic acids is 2. The molecule has 0 atom stereocenters. The number of hydrogen-bond donors (Lipinski definition) is 1. The zero-order chi connectivity index (χ0) is 16.7. The summed E-state index contributed by atoms with van der Waals surface area (Å²) < 4.78 is 15.8. The molecular weight excluding hydrogens is 298 g/mol. The Morgan fingerprint density at radius 1 is 1.13 bits per heavy atom. The van der Waals surface area contributed by atoms with Gasteiger partial charge in [0.25, 0.3) is 5.91 Å². The number of carbonyl (C=O) groups is 2. The van der Waals surface area contributed by atoms with Gasteiger partial charge in [-0.15, -0.1) is 0 Å². The van der Waals surface area contributed by atoms with E-state index in [0.29, 0.717) is 30.2 Å². The van der Waals surface area contributed by atoms with Gasteiger partial charge in [0.1, 0.15) is 18.1 Å². The molecule has 0 bridgehead atoms. The average molecular weight is 317 g/mol. The first-order chi connectivity index (χ1) is 11.1. The minimum absolute atomic E-state index is 0.00621. The van der Waals surface area contributed by atoms with Crippen LogP contribution in [0.4, 0.5) is 0 Å². The number of hydrogen-bond acceptors (Lipinski definition) is 5. The average Bonchev–Trinajstić information content (AvgIpc) is 3.02. The molecule has 0 radical (unpaired) electrons. The Kier molecular flexibility index (Phi) is 5.94. The minimum Gasteiger partial charge on any atom is -0.486 e. The molecule has 0 unspecified atom stereocenters. The molecule has 122 valence electrons. The molecule has 6 nitrogen and oxygen atoms in total. The SMILES string of the molecule is COCCNC(=O)c1ccc(COc2ccc(C(C)=O)cc2)o1. The van der Waals surface area contributed by atoms with Crippen LogP contribution in [0.2, 0.25) is 0 Å². The van der Waals surface area contributed by atoms with Crippen molar-refractivity contribution in [3.05, 3.63) is 53.5 Å². The van der Waals surface area contributed by atoms with E-state index in [2.05, 4.69) is 5.32 Å². The lowest BCUT2D eigenvalue weighted by atomic mass is 10.1. The van der Waals surface area contributed by atoms with Gasteiger partial charge < -0.3 is 19.2 Å². The molecule has 1 heterocycles. The molecule has 0 aliphatic heterocycles. The summed E-state index contributed by atoms with van der Waals surface area (Å²) in [6, 6.07) is 10.1. The normalized spacial score (nSPS) is 10.3. The molecule has 0 saturated carbocycles. The fourth-order valence-electron chi connectivity index (χ4n) is 1.87. The fraction of sp³-hybridized carbons (Fsp3) is 0.294. The van der Waals surface area contributed by atoms with Crippen molar-refractivity contribution >= 4 is 11.7 Å². The van der Waals surface area contributed by atoms with Crippen LogP contribution < -0.4 is 10.1 Å². The van der Waals surface area contributed by atoms with E-state index in [0.717, 1.165) is 0 Å². The molecule has 2 aromatic rings. The third kappa shape index (κ3) is 4.96. The van der Waals surface area contributed by atoms with Gasteiger partial charge in [0.15, 0.2) is 11.5 Å². The molecule has 0 aliphatic carbocycles. The van der Waals surface area contributed by atoms with E-state index >= 15 is 0 Å². The highest BCUT2D eigenvalue weighted by atomic mass is 16.5. The van der Waals surface area contributed by atoms with Gasteiger partial charge >= 0.3 is 0 Å². The van der Waals surface area contributed by atoms with Crippen molar-refractivity contribution in [3.8, 4) is 5.75 Å². The number of ketones is 1. The lowest BCUT2D eigenvalue weighted by Crippen LogP contribution is -2.26. The van der Waals surface area contributed by atoms with Crippen molar-refractivity contribution < 1.29 is 23.5 Å². The maximum atomic E-state index is 11.8. The molecule has 2 rings (SSSR count). The summed E-state index contributed by atoms with van der Waals surface area (Å²) >= 11 is 0. The van der Waals surface area contributed by atoms with Gasteiger partial charge in [-0.3, -0.25) is 9.59 Å². The second-order valence-electron chi connectivity index (χ2n) is 4.88. The third-order valence-electron chi connectivity index (χ3n) is 3.12. The summed E-state index contributed by atoms with van der Waals surface area (Å²) in [5.74, 6) is 1.10. The molecular formula is C17H19NO5. The molecule has 1 N–H and O–H groups in total. The Labute approximate surface area is 134 Å². The lowest BCUT2D eigenvalue weighted by molar-refractivity contribution is 0.0905. The summed E-state index contributed by atoms with van der Waals surface area (Å²) in [6.45, 7) is 2.58. The van der Waals surface area contributed by atoms with Crippen LogP contribution >= 0.6 is 0 Å². The Bertz CT molecular complexity index is 660. The number of ether oxygens (including phenoxy) is 2. The smallest absolute Gasteiger partial charge is 0.287 e. The summed E-state index contributed by atoms with van der Waals surface area (Å²) in [5, 5.41) is 2.67. The first-order valence-corrected chi connectivity index (χ1v) is 7.20. The minimum atomic E-state index is -0.292. The van der Waals surface area contributed by atoms with Crippen molar-refractivity contribution in [2.75, 3.05) is 20.3 Å². The highest BCUT2D eigenvalue weighted by Gasteiger charge is 2.11.